The first-order valence-electron chi connectivity index (χ1n) is 9.09. The molecule has 9 heteroatoms. The molecular formula is C20H18ClN3O5. The zero-order valence-corrected chi connectivity index (χ0v) is 16.1. The van der Waals surface area contributed by atoms with E-state index in [-0.39, 0.29) is 11.6 Å². The first-order chi connectivity index (χ1) is 14.0. The summed E-state index contributed by atoms with van der Waals surface area (Å²) in [5, 5.41) is 2.90. The number of carbonyl (C=O) groups excluding carboxylic acids is 3. The van der Waals surface area contributed by atoms with Crippen LogP contribution >= 0.6 is 11.6 Å². The number of nitrogens with one attached hydrogen (secondary N) is 1. The molecule has 0 unspecified atom stereocenters. The molecule has 0 atom stereocenters. The van der Waals surface area contributed by atoms with Gasteiger partial charge in [-0.05, 0) is 12.1 Å². The summed E-state index contributed by atoms with van der Waals surface area (Å²) in [6.07, 6.45) is 0.741. The number of anilines is 2. The largest absolute Gasteiger partial charge is 0.490 e. The highest BCUT2D eigenvalue weighted by atomic mass is 35.5. The van der Waals surface area contributed by atoms with E-state index >= 15 is 0 Å². The first kappa shape index (κ1) is 19.1. The van der Waals surface area contributed by atoms with Crippen LogP contribution in [0.15, 0.2) is 42.5 Å². The van der Waals surface area contributed by atoms with E-state index in [1.165, 1.54) is 4.90 Å². The molecule has 8 nitrogen and oxygen atoms in total. The maximum Gasteiger partial charge on any atom is 0.332 e. The molecule has 4 rings (SSSR count). The molecule has 2 heterocycles. The topological polar surface area (TPSA) is 88.2 Å². The molecule has 0 aromatic heterocycles. The highest BCUT2D eigenvalue weighted by molar-refractivity contribution is 6.34. The standard InChI is InChI=1S/C20H18ClN3O5/c21-14-9-16-17(29-8-4-7-28-16)10-15(14)22-18(25)11-24-19(26)12-23(20(24)27)13-5-2-1-3-6-13/h1-3,5-6,9-10H,4,7-8,11-12H2,(H,22,25). The summed E-state index contributed by atoms with van der Waals surface area (Å²) in [5.41, 5.74) is 0.916. The number of imide groups is 1. The summed E-state index contributed by atoms with van der Waals surface area (Å²) in [7, 11) is 0. The minimum atomic E-state index is -0.544. The predicted octanol–water partition coefficient (Wildman–Crippen LogP) is 2.91. The van der Waals surface area contributed by atoms with E-state index in [1.807, 2.05) is 6.07 Å². The second-order valence-electron chi connectivity index (χ2n) is 6.56. The van der Waals surface area contributed by atoms with Crippen LogP contribution in [0.3, 0.4) is 0 Å². The normalized spacial score (nSPS) is 16.0. The summed E-state index contributed by atoms with van der Waals surface area (Å²) in [6, 6.07) is 11.4. The number of urea groups is 1. The average Bonchev–Trinajstić information content (AvgIpc) is 2.86. The number of benzene rings is 2. The number of ether oxygens (including phenoxy) is 2. The summed E-state index contributed by atoms with van der Waals surface area (Å²) in [6.45, 7) is 0.493. The number of halogens is 1. The molecule has 1 N–H and O–H groups in total. The van der Waals surface area contributed by atoms with Gasteiger partial charge in [-0.25, -0.2) is 4.79 Å². The number of fused-ring (bicyclic) bond motifs is 1. The van der Waals surface area contributed by atoms with E-state index in [1.54, 1.807) is 36.4 Å². The van der Waals surface area contributed by atoms with Crippen LogP contribution in [-0.2, 0) is 9.59 Å². The van der Waals surface area contributed by atoms with Crippen molar-refractivity contribution in [2.75, 3.05) is 36.5 Å². The Kier molecular flexibility index (Phi) is 5.26. The van der Waals surface area contributed by atoms with E-state index in [4.69, 9.17) is 21.1 Å². The molecule has 1 saturated heterocycles. The number of nitrogens with zero attached hydrogens (tertiary/aromatic N) is 2. The molecule has 2 aliphatic rings. The number of para-hydroxylation sites is 1. The summed E-state index contributed by atoms with van der Waals surface area (Å²) in [5.74, 6) is -0.00329. The monoisotopic (exact) mass is 415 g/mol. The van der Waals surface area contributed by atoms with Gasteiger partial charge in [-0.1, -0.05) is 29.8 Å². The zero-order valence-electron chi connectivity index (χ0n) is 15.4. The Balaban J connectivity index is 1.45. The molecule has 0 spiro atoms. The molecule has 4 amide bonds. The number of amides is 4. The third kappa shape index (κ3) is 3.97. The van der Waals surface area contributed by atoms with Crippen molar-refractivity contribution in [1.82, 2.24) is 4.90 Å². The second kappa shape index (κ2) is 8.00. The SMILES string of the molecule is O=C(CN1C(=O)CN(c2ccccc2)C1=O)Nc1cc2c(cc1Cl)OCCCO2. The van der Waals surface area contributed by atoms with Gasteiger partial charge in [0.25, 0.3) is 5.91 Å². The molecule has 0 bridgehead atoms. The molecule has 0 aliphatic carbocycles. The van der Waals surface area contributed by atoms with Crippen LogP contribution in [0.5, 0.6) is 11.5 Å². The van der Waals surface area contributed by atoms with Crippen LogP contribution in [0.1, 0.15) is 6.42 Å². The van der Waals surface area contributed by atoms with E-state index in [9.17, 15) is 14.4 Å². The molecule has 1 fully saturated rings. The Morgan fingerprint density at radius 2 is 1.76 bits per heavy atom. The van der Waals surface area contributed by atoms with Crippen molar-refractivity contribution < 1.29 is 23.9 Å². The summed E-state index contributed by atoms with van der Waals surface area (Å²) < 4.78 is 11.1. The van der Waals surface area contributed by atoms with Gasteiger partial charge in [-0.3, -0.25) is 19.4 Å². The maximum absolute atomic E-state index is 12.6. The van der Waals surface area contributed by atoms with Gasteiger partial charge in [-0.2, -0.15) is 0 Å². The van der Waals surface area contributed by atoms with Crippen molar-refractivity contribution in [3.63, 3.8) is 0 Å². The van der Waals surface area contributed by atoms with Gasteiger partial charge in [0.15, 0.2) is 11.5 Å². The lowest BCUT2D eigenvalue weighted by atomic mass is 10.2. The van der Waals surface area contributed by atoms with E-state index < -0.39 is 24.4 Å². The Hall–Kier alpha value is -3.26. The average molecular weight is 416 g/mol. The lowest BCUT2D eigenvalue weighted by molar-refractivity contribution is -0.128. The number of carbonyl (C=O) groups is 3. The molecule has 0 saturated carbocycles. The van der Waals surface area contributed by atoms with Crippen LogP contribution in [0.25, 0.3) is 0 Å². The number of hydrogen-bond acceptors (Lipinski definition) is 5. The molecule has 29 heavy (non-hydrogen) atoms. The van der Waals surface area contributed by atoms with Gasteiger partial charge < -0.3 is 14.8 Å². The third-order valence-corrected chi connectivity index (χ3v) is 4.85. The Bertz CT molecular complexity index is 966. The lowest BCUT2D eigenvalue weighted by Crippen LogP contribution is -2.39. The van der Waals surface area contributed by atoms with Crippen molar-refractivity contribution in [3.8, 4) is 11.5 Å². The minimum Gasteiger partial charge on any atom is -0.490 e. The summed E-state index contributed by atoms with van der Waals surface area (Å²) >= 11 is 6.23. The van der Waals surface area contributed by atoms with Gasteiger partial charge in [0, 0.05) is 24.2 Å². The Morgan fingerprint density at radius 3 is 2.48 bits per heavy atom. The predicted molar refractivity (Wildman–Crippen MR) is 107 cm³/mol. The van der Waals surface area contributed by atoms with E-state index in [0.29, 0.717) is 36.1 Å². The molecule has 2 aromatic carbocycles. The minimum absolute atomic E-state index is 0.110. The van der Waals surface area contributed by atoms with Crippen LogP contribution in [-0.4, -0.2) is 49.0 Å². The van der Waals surface area contributed by atoms with Crippen molar-refractivity contribution >= 4 is 40.8 Å². The number of hydrogen-bond donors (Lipinski definition) is 1. The van der Waals surface area contributed by atoms with Gasteiger partial charge >= 0.3 is 6.03 Å². The van der Waals surface area contributed by atoms with Crippen LogP contribution in [0.2, 0.25) is 5.02 Å². The molecular weight excluding hydrogens is 398 g/mol. The van der Waals surface area contributed by atoms with Crippen LogP contribution in [0, 0.1) is 0 Å². The first-order valence-corrected chi connectivity index (χ1v) is 9.46. The summed E-state index contributed by atoms with van der Waals surface area (Å²) in [4.78, 5) is 39.6. The fraction of sp³-hybridized carbons (Fsp3) is 0.250. The van der Waals surface area contributed by atoms with Gasteiger partial charge in [0.05, 0.1) is 23.9 Å². The van der Waals surface area contributed by atoms with Crippen molar-refractivity contribution in [1.29, 1.82) is 0 Å². The number of rotatable bonds is 4. The fourth-order valence-electron chi connectivity index (χ4n) is 3.12. The van der Waals surface area contributed by atoms with Gasteiger partial charge in [0.2, 0.25) is 5.91 Å². The lowest BCUT2D eigenvalue weighted by Gasteiger charge is -2.17. The van der Waals surface area contributed by atoms with Crippen molar-refractivity contribution in [3.05, 3.63) is 47.5 Å². The van der Waals surface area contributed by atoms with Crippen LogP contribution < -0.4 is 19.7 Å². The molecule has 0 radical (unpaired) electrons. The Labute approximate surface area is 171 Å². The maximum atomic E-state index is 12.6. The Morgan fingerprint density at radius 1 is 1.07 bits per heavy atom. The highest BCUT2D eigenvalue weighted by Gasteiger charge is 2.38. The van der Waals surface area contributed by atoms with Crippen molar-refractivity contribution in [2.24, 2.45) is 0 Å². The van der Waals surface area contributed by atoms with E-state index in [0.717, 1.165) is 11.3 Å². The van der Waals surface area contributed by atoms with E-state index in [2.05, 4.69) is 5.32 Å². The molecule has 2 aliphatic heterocycles. The molecule has 2 aromatic rings. The van der Waals surface area contributed by atoms with Gasteiger partial charge in [-0.15, -0.1) is 0 Å². The zero-order chi connectivity index (χ0) is 20.4. The quantitative estimate of drug-likeness (QED) is 0.776. The van der Waals surface area contributed by atoms with Crippen molar-refractivity contribution in [2.45, 2.75) is 6.42 Å². The second-order valence-corrected chi connectivity index (χ2v) is 6.97. The highest BCUT2D eigenvalue weighted by Crippen LogP contribution is 2.37. The van der Waals surface area contributed by atoms with Crippen LogP contribution in [0.4, 0.5) is 16.2 Å². The third-order valence-electron chi connectivity index (χ3n) is 4.54. The van der Waals surface area contributed by atoms with Gasteiger partial charge in [0.1, 0.15) is 13.1 Å². The fourth-order valence-corrected chi connectivity index (χ4v) is 3.32. The molecule has 150 valence electrons. The smallest absolute Gasteiger partial charge is 0.332 e.